The molecule has 0 bridgehead atoms. The van der Waals surface area contributed by atoms with Gasteiger partial charge in [-0.1, -0.05) is 109 Å². The summed E-state index contributed by atoms with van der Waals surface area (Å²) >= 11 is 2.22. The molecule has 0 atom stereocenters. The van der Waals surface area contributed by atoms with Crippen LogP contribution in [-0.2, 0) is 18.2 Å². The molecule has 0 amide bonds. The molecule has 0 fully saturated rings. The minimum absolute atomic E-state index is 0.939. The average Bonchev–Trinajstić information content (AvgIpc) is 3.81. The van der Waals surface area contributed by atoms with Crippen molar-refractivity contribution in [2.24, 2.45) is 0 Å². The molecule has 52 heavy (non-hydrogen) atoms. The van der Waals surface area contributed by atoms with Crippen molar-refractivity contribution in [3.8, 4) is 11.1 Å². The number of anilines is 8. The summed E-state index contributed by atoms with van der Waals surface area (Å²) in [5.74, 6) is 0. The second-order valence-electron chi connectivity index (χ2n) is 12.5. The van der Waals surface area contributed by atoms with E-state index in [0.717, 1.165) is 56.6 Å². The standard InChI is InChI=1S/C46H29N4.ClH.Pd/c1-3-17-35(18-4-1)47-31-49(41-25-13-11-23-39(41)47)43-29-27-33-15-7-9-21-37(33)45(43)46-38-22-10-8-16-34(38)28-30-44(46)50-32-48(36-19-5-2-6-20-36)40-24-12-14-26-42(40)50;;/h1-19,21-30H;1H;/q-1;;+2/p-1. The molecule has 0 N–H and O–H groups in total. The van der Waals surface area contributed by atoms with Gasteiger partial charge < -0.3 is 19.6 Å². The summed E-state index contributed by atoms with van der Waals surface area (Å²) in [4.78, 5) is 8.70. The predicted molar refractivity (Wildman–Crippen MR) is 212 cm³/mol. The maximum absolute atomic E-state index is 4.49. The van der Waals surface area contributed by atoms with Gasteiger partial charge in [0.2, 0.25) is 13.3 Å². The monoisotopic (exact) mass is 778 g/mol. The molecule has 2 heterocycles. The van der Waals surface area contributed by atoms with Crippen molar-refractivity contribution in [1.82, 2.24) is 0 Å². The van der Waals surface area contributed by atoms with Gasteiger partial charge in [-0.15, -0.1) is 6.07 Å². The Balaban J connectivity index is 0.00000177. The van der Waals surface area contributed by atoms with Crippen LogP contribution in [0.1, 0.15) is 0 Å². The molecule has 8 aromatic carbocycles. The van der Waals surface area contributed by atoms with Crippen molar-refractivity contribution in [1.29, 1.82) is 0 Å². The Hall–Kier alpha value is -5.57. The first-order chi connectivity index (χ1) is 25.8. The summed E-state index contributed by atoms with van der Waals surface area (Å²) in [6, 6.07) is 65.3. The van der Waals surface area contributed by atoms with Crippen LogP contribution in [0.15, 0.2) is 176 Å². The van der Waals surface area contributed by atoms with E-state index in [-0.39, 0.29) is 0 Å². The first-order valence-corrected chi connectivity index (χ1v) is 18.9. The van der Waals surface area contributed by atoms with Crippen LogP contribution < -0.4 is 19.6 Å². The summed E-state index contributed by atoms with van der Waals surface area (Å²) in [5, 5.41) is 4.68. The van der Waals surface area contributed by atoms with Crippen molar-refractivity contribution >= 4 is 76.6 Å². The summed E-state index contributed by atoms with van der Waals surface area (Å²) in [6.45, 7) is 7.51. The van der Waals surface area contributed by atoms with Crippen molar-refractivity contribution < 1.29 is 18.2 Å². The molecular formula is C46H29ClN4Pd. The van der Waals surface area contributed by atoms with Gasteiger partial charge in [-0.05, 0) is 70.1 Å². The molecule has 0 aliphatic carbocycles. The number of fused-ring (bicyclic) bond motifs is 4. The maximum atomic E-state index is 4.49. The minimum atomic E-state index is 0.939. The number of halogens is 1. The fraction of sp³-hybridized carbons (Fsp3) is 0. The van der Waals surface area contributed by atoms with Gasteiger partial charge in [0.05, 0.1) is 34.1 Å². The number of benzene rings is 8. The Bertz CT molecular complexity index is 2360. The Morgan fingerprint density at radius 2 is 0.827 bits per heavy atom. The molecule has 0 saturated carbocycles. The van der Waals surface area contributed by atoms with E-state index in [1.807, 2.05) is 24.3 Å². The van der Waals surface area contributed by atoms with Gasteiger partial charge in [0, 0.05) is 16.8 Å². The molecule has 4 radical (unpaired) electrons. The van der Waals surface area contributed by atoms with Crippen LogP contribution in [0.5, 0.6) is 0 Å². The molecule has 0 unspecified atom stereocenters. The summed E-state index contributed by atoms with van der Waals surface area (Å²) in [7, 11) is 4.49. The number of hydrogen-bond acceptors (Lipinski definition) is 4. The normalized spacial score (nSPS) is 13.3. The van der Waals surface area contributed by atoms with Crippen molar-refractivity contribution in [3.05, 3.63) is 195 Å². The molecule has 0 saturated heterocycles. The third kappa shape index (κ3) is 5.41. The van der Waals surface area contributed by atoms with Crippen LogP contribution in [0.2, 0.25) is 0 Å². The quantitative estimate of drug-likeness (QED) is 0.127. The molecule has 250 valence electrons. The zero-order valence-corrected chi connectivity index (χ0v) is 30.0. The molecular weight excluding hydrogens is 750 g/mol. The summed E-state index contributed by atoms with van der Waals surface area (Å²) in [6.07, 6.45) is 0. The number of para-hydroxylation sites is 6. The van der Waals surface area contributed by atoms with Crippen LogP contribution in [-0.4, -0.2) is 0 Å². The average molecular weight is 780 g/mol. The predicted octanol–water partition coefficient (Wildman–Crippen LogP) is 12.7. The van der Waals surface area contributed by atoms with Crippen LogP contribution in [0.4, 0.5) is 45.5 Å². The van der Waals surface area contributed by atoms with E-state index in [9.17, 15) is 0 Å². The van der Waals surface area contributed by atoms with Gasteiger partial charge in [0.15, 0.2) is 0 Å². The van der Waals surface area contributed by atoms with Gasteiger partial charge in [-0.3, -0.25) is 0 Å². The molecule has 0 aromatic heterocycles. The van der Waals surface area contributed by atoms with E-state index < -0.39 is 0 Å². The second-order valence-corrected chi connectivity index (χ2v) is 12.5. The van der Waals surface area contributed by atoms with Crippen molar-refractivity contribution in [3.63, 3.8) is 0 Å². The van der Waals surface area contributed by atoms with E-state index in [4.69, 9.17) is 0 Å². The van der Waals surface area contributed by atoms with Crippen molar-refractivity contribution in [2.75, 3.05) is 19.6 Å². The van der Waals surface area contributed by atoms with Crippen molar-refractivity contribution in [2.45, 2.75) is 0 Å². The SMILES string of the molecule is [C]1N(c2[c-]cccc2)c2ccccc2N1c1ccc2ccccc2c1-c1c(N2[C]N(c3ccccc3)c3ccccc32)ccc2ccccc12.[Cl][Pd+]. The molecule has 6 heteroatoms. The number of rotatable bonds is 5. The first-order valence-electron chi connectivity index (χ1n) is 16.9. The number of hydrogen-bond donors (Lipinski definition) is 0. The molecule has 2 aliphatic rings. The summed E-state index contributed by atoms with van der Waals surface area (Å²) in [5.41, 5.74) is 10.6. The van der Waals surface area contributed by atoms with Crippen LogP contribution in [0, 0.1) is 19.4 Å². The van der Waals surface area contributed by atoms with E-state index in [2.05, 4.69) is 218 Å². The Labute approximate surface area is 319 Å². The molecule has 8 aromatic rings. The van der Waals surface area contributed by atoms with Gasteiger partial charge in [-0.25, -0.2) is 0 Å². The van der Waals surface area contributed by atoms with Gasteiger partial charge in [0.1, 0.15) is 0 Å². The Morgan fingerprint density at radius 3 is 1.37 bits per heavy atom. The second kappa shape index (κ2) is 13.9. The third-order valence-electron chi connectivity index (χ3n) is 9.62. The van der Waals surface area contributed by atoms with E-state index >= 15 is 0 Å². The third-order valence-corrected chi connectivity index (χ3v) is 9.62. The molecule has 4 nitrogen and oxygen atoms in total. The molecule has 0 spiro atoms. The van der Waals surface area contributed by atoms with Crippen LogP contribution in [0.25, 0.3) is 32.7 Å². The zero-order chi connectivity index (χ0) is 35.0. The topological polar surface area (TPSA) is 13.0 Å². The zero-order valence-electron chi connectivity index (χ0n) is 27.7. The fourth-order valence-corrected chi connectivity index (χ4v) is 7.37. The fourth-order valence-electron chi connectivity index (χ4n) is 7.37. The molecule has 2 aliphatic heterocycles. The van der Waals surface area contributed by atoms with E-state index in [1.165, 1.54) is 21.5 Å². The van der Waals surface area contributed by atoms with E-state index in [1.54, 1.807) is 0 Å². The van der Waals surface area contributed by atoms with Gasteiger partial charge >= 0.3 is 27.7 Å². The van der Waals surface area contributed by atoms with Gasteiger partial charge in [0.25, 0.3) is 0 Å². The Kier molecular flexibility index (Phi) is 8.62. The van der Waals surface area contributed by atoms with E-state index in [0.29, 0.717) is 0 Å². The summed E-state index contributed by atoms with van der Waals surface area (Å²) < 4.78 is 0. The Morgan fingerprint density at radius 1 is 0.385 bits per heavy atom. The number of nitrogens with zero attached hydrogens (tertiary/aromatic N) is 4. The first kappa shape index (κ1) is 32.3. The molecule has 10 rings (SSSR count). The van der Waals surface area contributed by atoms with Crippen LogP contribution >= 0.6 is 9.53 Å². The van der Waals surface area contributed by atoms with Crippen LogP contribution in [0.3, 0.4) is 0 Å². The van der Waals surface area contributed by atoms with Gasteiger partial charge in [-0.2, -0.15) is 24.3 Å².